The summed E-state index contributed by atoms with van der Waals surface area (Å²) in [6.07, 6.45) is 3.41. The van der Waals surface area contributed by atoms with Crippen molar-refractivity contribution in [3.8, 4) is 5.75 Å². The Balaban J connectivity index is 1.79. The van der Waals surface area contributed by atoms with Gasteiger partial charge in [-0.1, -0.05) is 12.1 Å². The molecule has 2 aromatic carbocycles. The van der Waals surface area contributed by atoms with Crippen LogP contribution in [0.4, 0.5) is 5.69 Å². The molecule has 120 valence electrons. The van der Waals surface area contributed by atoms with Crippen LogP contribution in [0.15, 0.2) is 47.4 Å². The molecule has 5 nitrogen and oxygen atoms in total. The van der Waals surface area contributed by atoms with E-state index in [0.717, 1.165) is 6.26 Å². The third-order valence-electron chi connectivity index (χ3n) is 3.84. The molecule has 0 unspecified atom stereocenters. The number of sulfone groups is 1. The van der Waals surface area contributed by atoms with Gasteiger partial charge in [-0.25, -0.2) is 8.42 Å². The van der Waals surface area contributed by atoms with Crippen LogP contribution < -0.4 is 5.32 Å². The molecule has 1 fully saturated rings. The molecule has 0 aliphatic heterocycles. The third kappa shape index (κ3) is 3.53. The maximum atomic E-state index is 12.2. The number of phenols is 1. The molecule has 2 N–H and O–H groups in total. The maximum absolute atomic E-state index is 12.2. The van der Waals surface area contributed by atoms with Crippen LogP contribution in [0.5, 0.6) is 5.75 Å². The van der Waals surface area contributed by atoms with Crippen molar-refractivity contribution in [2.24, 2.45) is 0 Å². The number of amides is 1. The lowest BCUT2D eigenvalue weighted by Gasteiger charge is -2.09. The van der Waals surface area contributed by atoms with Crippen LogP contribution in [-0.4, -0.2) is 25.7 Å². The minimum absolute atomic E-state index is 0.209. The van der Waals surface area contributed by atoms with Gasteiger partial charge >= 0.3 is 0 Å². The molecule has 0 aromatic heterocycles. The molecule has 2 aromatic rings. The van der Waals surface area contributed by atoms with E-state index >= 15 is 0 Å². The molecular formula is C17H17NO4S. The first kappa shape index (κ1) is 15.6. The van der Waals surface area contributed by atoms with Crippen LogP contribution >= 0.6 is 0 Å². The second-order valence-corrected chi connectivity index (χ2v) is 7.79. The highest BCUT2D eigenvalue weighted by Gasteiger charge is 2.23. The highest BCUT2D eigenvalue weighted by atomic mass is 32.2. The Kier molecular flexibility index (Phi) is 3.85. The van der Waals surface area contributed by atoms with Gasteiger partial charge in [-0.05, 0) is 54.7 Å². The number of carbonyl (C=O) groups is 1. The fraction of sp³-hybridized carbons (Fsp3) is 0.235. The summed E-state index contributed by atoms with van der Waals surface area (Å²) in [5, 5.41) is 12.3. The monoisotopic (exact) mass is 331 g/mol. The van der Waals surface area contributed by atoms with Crippen molar-refractivity contribution < 1.29 is 18.3 Å². The van der Waals surface area contributed by atoms with Crippen molar-refractivity contribution in [1.82, 2.24) is 0 Å². The summed E-state index contributed by atoms with van der Waals surface area (Å²) in [7, 11) is -3.57. The standard InChI is InChI=1S/C17H17NO4S/c1-23(21,22)16-10-14(8-9-15(16)19)18-17(20)13-6-4-12(5-7-13)11-2-3-11/h4-11,19H,2-3H2,1H3,(H,18,20). The number of hydrogen-bond acceptors (Lipinski definition) is 4. The Morgan fingerprint density at radius 1 is 1.13 bits per heavy atom. The van der Waals surface area contributed by atoms with Gasteiger partial charge in [-0.15, -0.1) is 0 Å². The van der Waals surface area contributed by atoms with E-state index in [-0.39, 0.29) is 16.6 Å². The number of rotatable bonds is 4. The largest absolute Gasteiger partial charge is 0.507 e. The smallest absolute Gasteiger partial charge is 0.255 e. The molecule has 0 heterocycles. The van der Waals surface area contributed by atoms with E-state index in [4.69, 9.17) is 0 Å². The van der Waals surface area contributed by atoms with Crippen LogP contribution in [0.3, 0.4) is 0 Å². The highest BCUT2D eigenvalue weighted by molar-refractivity contribution is 7.90. The van der Waals surface area contributed by atoms with E-state index in [0.29, 0.717) is 17.2 Å². The maximum Gasteiger partial charge on any atom is 0.255 e. The average molecular weight is 331 g/mol. The molecule has 1 aliphatic carbocycles. The van der Waals surface area contributed by atoms with Crippen molar-refractivity contribution in [2.75, 3.05) is 11.6 Å². The van der Waals surface area contributed by atoms with Gasteiger partial charge in [0.15, 0.2) is 9.84 Å². The lowest BCUT2D eigenvalue weighted by Crippen LogP contribution is -2.12. The number of hydrogen-bond donors (Lipinski definition) is 2. The first-order valence-electron chi connectivity index (χ1n) is 7.29. The lowest BCUT2D eigenvalue weighted by atomic mass is 10.1. The lowest BCUT2D eigenvalue weighted by molar-refractivity contribution is 0.102. The minimum atomic E-state index is -3.57. The summed E-state index contributed by atoms with van der Waals surface area (Å²) in [6, 6.07) is 11.4. The third-order valence-corrected chi connectivity index (χ3v) is 4.96. The zero-order chi connectivity index (χ0) is 16.6. The van der Waals surface area contributed by atoms with E-state index in [9.17, 15) is 18.3 Å². The summed E-state index contributed by atoms with van der Waals surface area (Å²) in [4.78, 5) is 12.0. The van der Waals surface area contributed by atoms with Crippen molar-refractivity contribution in [2.45, 2.75) is 23.7 Å². The second kappa shape index (κ2) is 5.70. The van der Waals surface area contributed by atoms with E-state index in [2.05, 4.69) is 5.32 Å². The molecule has 0 saturated heterocycles. The van der Waals surface area contributed by atoms with Crippen molar-refractivity contribution in [3.05, 3.63) is 53.6 Å². The number of carbonyl (C=O) groups excluding carboxylic acids is 1. The van der Waals surface area contributed by atoms with Crippen LogP contribution in [-0.2, 0) is 9.84 Å². The topological polar surface area (TPSA) is 83.5 Å². The molecule has 3 rings (SSSR count). The van der Waals surface area contributed by atoms with Crippen molar-refractivity contribution >= 4 is 21.4 Å². The number of anilines is 1. The summed E-state index contributed by atoms with van der Waals surface area (Å²) in [5.74, 6) is -0.0294. The predicted octanol–water partition coefficient (Wildman–Crippen LogP) is 2.93. The summed E-state index contributed by atoms with van der Waals surface area (Å²) < 4.78 is 23.2. The summed E-state index contributed by atoms with van der Waals surface area (Å²) in [6.45, 7) is 0. The number of aromatic hydroxyl groups is 1. The summed E-state index contributed by atoms with van der Waals surface area (Å²) >= 11 is 0. The van der Waals surface area contributed by atoms with Crippen molar-refractivity contribution in [3.63, 3.8) is 0 Å². The Labute approximate surface area is 134 Å². The zero-order valence-electron chi connectivity index (χ0n) is 12.6. The van der Waals surface area contributed by atoms with Gasteiger partial charge in [0.1, 0.15) is 10.6 Å². The van der Waals surface area contributed by atoms with Gasteiger partial charge in [0.25, 0.3) is 5.91 Å². The minimum Gasteiger partial charge on any atom is -0.507 e. The fourth-order valence-corrected chi connectivity index (χ4v) is 3.20. The van der Waals surface area contributed by atoms with Gasteiger partial charge < -0.3 is 10.4 Å². The Morgan fingerprint density at radius 3 is 2.35 bits per heavy atom. The number of nitrogens with one attached hydrogen (secondary N) is 1. The summed E-state index contributed by atoms with van der Waals surface area (Å²) in [5.41, 5.74) is 2.06. The van der Waals surface area contributed by atoms with Crippen molar-refractivity contribution in [1.29, 1.82) is 0 Å². The SMILES string of the molecule is CS(=O)(=O)c1cc(NC(=O)c2ccc(C3CC3)cc2)ccc1O. The van der Waals surface area contributed by atoms with Crippen LogP contribution in [0.25, 0.3) is 0 Å². The fourth-order valence-electron chi connectivity index (χ4n) is 2.42. The molecule has 1 amide bonds. The molecule has 6 heteroatoms. The van der Waals surface area contributed by atoms with E-state index in [1.54, 1.807) is 12.1 Å². The molecule has 1 aliphatic rings. The van der Waals surface area contributed by atoms with Crippen LogP contribution in [0.1, 0.15) is 34.7 Å². The number of benzene rings is 2. The predicted molar refractivity (Wildman–Crippen MR) is 87.6 cm³/mol. The molecule has 0 bridgehead atoms. The normalized spacial score (nSPS) is 14.5. The average Bonchev–Trinajstić information content (AvgIpc) is 3.33. The molecule has 0 atom stereocenters. The molecule has 0 radical (unpaired) electrons. The Bertz CT molecular complexity index is 853. The highest BCUT2D eigenvalue weighted by Crippen LogP contribution is 2.39. The molecule has 23 heavy (non-hydrogen) atoms. The Morgan fingerprint density at radius 2 is 1.78 bits per heavy atom. The van der Waals surface area contributed by atoms with Gasteiger partial charge in [-0.2, -0.15) is 0 Å². The quantitative estimate of drug-likeness (QED) is 0.844. The first-order valence-corrected chi connectivity index (χ1v) is 9.18. The van der Waals surface area contributed by atoms with Crippen LogP contribution in [0, 0.1) is 0 Å². The second-order valence-electron chi connectivity index (χ2n) is 5.81. The van der Waals surface area contributed by atoms with Gasteiger partial charge in [0.05, 0.1) is 0 Å². The first-order chi connectivity index (χ1) is 10.8. The van der Waals surface area contributed by atoms with E-state index in [1.165, 1.54) is 36.6 Å². The van der Waals surface area contributed by atoms with Crippen LogP contribution in [0.2, 0.25) is 0 Å². The molecule has 0 spiro atoms. The zero-order valence-corrected chi connectivity index (χ0v) is 13.4. The van der Waals surface area contributed by atoms with E-state index in [1.807, 2.05) is 12.1 Å². The Hall–Kier alpha value is -2.34. The molecule has 1 saturated carbocycles. The molecular weight excluding hydrogens is 314 g/mol. The van der Waals surface area contributed by atoms with E-state index < -0.39 is 9.84 Å². The van der Waals surface area contributed by atoms with Gasteiger partial charge in [0, 0.05) is 17.5 Å². The van der Waals surface area contributed by atoms with Gasteiger partial charge in [0.2, 0.25) is 0 Å². The number of phenolic OH excluding ortho intramolecular Hbond substituents is 1. The van der Waals surface area contributed by atoms with Gasteiger partial charge in [-0.3, -0.25) is 4.79 Å².